The molecule has 0 bridgehead atoms. The van der Waals surface area contributed by atoms with Crippen LogP contribution in [0.5, 0.6) is 0 Å². The van der Waals surface area contributed by atoms with Crippen LogP contribution in [0.3, 0.4) is 0 Å². The van der Waals surface area contributed by atoms with Crippen LogP contribution in [0.4, 0.5) is 17.3 Å². The molecule has 1 atom stereocenters. The zero-order valence-corrected chi connectivity index (χ0v) is 18.8. The summed E-state index contributed by atoms with van der Waals surface area (Å²) in [5.74, 6) is 1.43. The quantitative estimate of drug-likeness (QED) is 0.250. The van der Waals surface area contributed by atoms with Crippen LogP contribution < -0.4 is 11.1 Å². The summed E-state index contributed by atoms with van der Waals surface area (Å²) in [5, 5.41) is 15.1. The van der Waals surface area contributed by atoms with Crippen LogP contribution >= 0.6 is 23.2 Å². The number of nitrogens with two attached hydrogens (primary N) is 1. The third-order valence-electron chi connectivity index (χ3n) is 4.76. The molecule has 4 aromatic rings. The third kappa shape index (κ3) is 5.02. The molecule has 0 aliphatic rings. The predicted molar refractivity (Wildman–Crippen MR) is 127 cm³/mol. The number of hydrogen-bond donors (Lipinski definition) is 3. The lowest BCUT2D eigenvalue weighted by atomic mass is 10.1. The van der Waals surface area contributed by atoms with Crippen molar-refractivity contribution in [1.29, 1.82) is 0 Å². The van der Waals surface area contributed by atoms with Gasteiger partial charge in [-0.1, -0.05) is 23.2 Å². The second-order valence-electron chi connectivity index (χ2n) is 7.22. The van der Waals surface area contributed by atoms with E-state index in [4.69, 9.17) is 33.9 Å². The van der Waals surface area contributed by atoms with E-state index in [1.54, 1.807) is 36.8 Å². The molecule has 12 heteroatoms. The minimum atomic E-state index is -0.576. The van der Waals surface area contributed by atoms with Crippen molar-refractivity contribution < 1.29 is 4.92 Å². The van der Waals surface area contributed by atoms with Crippen LogP contribution in [0, 0.1) is 10.1 Å². The largest absolute Gasteiger partial charge is 0.378 e. The standard InChI is InChI=1S/C21H18Cl2N8O2/c1-11(28-17-5-4-16(31(32)33)20(24)30-17)8-18-27-10-14(21-25-6-7-26-21)19(29-18)13-3-2-12(22)9-15(13)23/h2-7,9-11H,8H2,1H3,(H,25,26)(H3,24,28,30). The number of pyridine rings is 1. The number of H-pyrrole nitrogens is 1. The molecule has 4 rings (SSSR count). The number of nitrogen functional groups attached to an aromatic ring is 1. The number of imidazole rings is 1. The van der Waals surface area contributed by atoms with Crippen LogP contribution in [-0.2, 0) is 6.42 Å². The summed E-state index contributed by atoms with van der Waals surface area (Å²) in [6, 6.07) is 7.86. The van der Waals surface area contributed by atoms with Crippen molar-refractivity contribution in [3.8, 4) is 22.6 Å². The molecule has 3 aromatic heterocycles. The number of rotatable bonds is 7. The number of benzene rings is 1. The number of nitrogens with zero attached hydrogens (tertiary/aromatic N) is 5. The Kier molecular flexibility index (Phi) is 6.38. The molecule has 3 heterocycles. The lowest BCUT2D eigenvalue weighted by molar-refractivity contribution is -0.384. The van der Waals surface area contributed by atoms with E-state index in [1.165, 1.54) is 12.1 Å². The van der Waals surface area contributed by atoms with Crippen LogP contribution in [0.15, 0.2) is 48.9 Å². The number of hydrogen-bond acceptors (Lipinski definition) is 8. The van der Waals surface area contributed by atoms with E-state index in [9.17, 15) is 10.1 Å². The van der Waals surface area contributed by atoms with Gasteiger partial charge in [-0.15, -0.1) is 0 Å². The van der Waals surface area contributed by atoms with Gasteiger partial charge >= 0.3 is 5.69 Å². The van der Waals surface area contributed by atoms with Gasteiger partial charge in [0.1, 0.15) is 17.5 Å². The van der Waals surface area contributed by atoms with Crippen molar-refractivity contribution in [2.45, 2.75) is 19.4 Å². The molecular weight excluding hydrogens is 467 g/mol. The summed E-state index contributed by atoms with van der Waals surface area (Å²) < 4.78 is 0. The van der Waals surface area contributed by atoms with Gasteiger partial charge in [0, 0.05) is 47.7 Å². The summed E-state index contributed by atoms with van der Waals surface area (Å²) in [6.45, 7) is 1.91. The Morgan fingerprint density at radius 2 is 2.00 bits per heavy atom. The van der Waals surface area contributed by atoms with Crippen molar-refractivity contribution in [2.75, 3.05) is 11.1 Å². The Balaban J connectivity index is 1.62. The first kappa shape index (κ1) is 22.4. The van der Waals surface area contributed by atoms with Crippen LogP contribution in [0.2, 0.25) is 10.0 Å². The maximum atomic E-state index is 10.9. The van der Waals surface area contributed by atoms with Gasteiger partial charge in [-0.3, -0.25) is 10.1 Å². The summed E-state index contributed by atoms with van der Waals surface area (Å²) in [6.07, 6.45) is 5.49. The van der Waals surface area contributed by atoms with Gasteiger partial charge in [0.2, 0.25) is 5.82 Å². The Morgan fingerprint density at radius 3 is 2.67 bits per heavy atom. The number of halogens is 2. The van der Waals surface area contributed by atoms with E-state index in [2.05, 4.69) is 25.3 Å². The van der Waals surface area contributed by atoms with Crippen molar-refractivity contribution in [2.24, 2.45) is 0 Å². The zero-order chi connectivity index (χ0) is 23.5. The number of aromatic nitrogens is 5. The van der Waals surface area contributed by atoms with Gasteiger partial charge in [0.05, 0.1) is 21.2 Å². The monoisotopic (exact) mass is 484 g/mol. The molecule has 0 radical (unpaired) electrons. The van der Waals surface area contributed by atoms with E-state index in [1.807, 2.05) is 6.92 Å². The molecular formula is C21H18Cl2N8O2. The Bertz CT molecular complexity index is 1310. The molecule has 168 valence electrons. The average molecular weight is 485 g/mol. The van der Waals surface area contributed by atoms with Gasteiger partial charge < -0.3 is 16.0 Å². The van der Waals surface area contributed by atoms with Crippen molar-refractivity contribution in [1.82, 2.24) is 24.9 Å². The van der Waals surface area contributed by atoms with Gasteiger partial charge in [0.25, 0.3) is 0 Å². The minimum Gasteiger partial charge on any atom is -0.378 e. The molecule has 0 aliphatic heterocycles. The normalized spacial score (nSPS) is 11.8. The SMILES string of the molecule is CC(Cc1ncc(-c2ncc[nH]2)c(-c2ccc(Cl)cc2Cl)n1)Nc1ccc([N+](=O)[O-])c(N)n1. The first-order valence-corrected chi connectivity index (χ1v) is 10.6. The third-order valence-corrected chi connectivity index (χ3v) is 5.31. The molecule has 33 heavy (non-hydrogen) atoms. The smallest absolute Gasteiger partial charge is 0.311 e. The number of anilines is 2. The fraction of sp³-hybridized carbons (Fsp3) is 0.143. The molecule has 10 nitrogen and oxygen atoms in total. The fourth-order valence-electron chi connectivity index (χ4n) is 3.27. The van der Waals surface area contributed by atoms with E-state index in [0.717, 1.165) is 0 Å². The highest BCUT2D eigenvalue weighted by Crippen LogP contribution is 2.34. The van der Waals surface area contributed by atoms with Crippen molar-refractivity contribution in [3.05, 3.63) is 74.9 Å². The molecule has 1 unspecified atom stereocenters. The minimum absolute atomic E-state index is 0.152. The predicted octanol–water partition coefficient (Wildman–Crippen LogP) is 4.77. The Hall–Kier alpha value is -3.76. The first-order valence-electron chi connectivity index (χ1n) is 9.80. The van der Waals surface area contributed by atoms with Gasteiger partial charge in [0.15, 0.2) is 0 Å². The van der Waals surface area contributed by atoms with Gasteiger partial charge in [-0.05, 0) is 31.2 Å². The molecule has 0 saturated heterocycles. The van der Waals surface area contributed by atoms with E-state index < -0.39 is 4.92 Å². The molecule has 0 aliphatic carbocycles. The average Bonchev–Trinajstić information content (AvgIpc) is 3.28. The van der Waals surface area contributed by atoms with Crippen molar-refractivity contribution in [3.63, 3.8) is 0 Å². The zero-order valence-electron chi connectivity index (χ0n) is 17.3. The molecule has 0 amide bonds. The molecule has 4 N–H and O–H groups in total. The molecule has 1 aromatic carbocycles. The highest BCUT2D eigenvalue weighted by molar-refractivity contribution is 6.36. The fourth-order valence-corrected chi connectivity index (χ4v) is 3.77. The number of aromatic amines is 1. The maximum absolute atomic E-state index is 10.9. The number of nitrogens with one attached hydrogen (secondary N) is 2. The topological polar surface area (TPSA) is 149 Å². The Labute approximate surface area is 198 Å². The summed E-state index contributed by atoms with van der Waals surface area (Å²) in [4.78, 5) is 31.0. The van der Waals surface area contributed by atoms with Gasteiger partial charge in [-0.25, -0.2) is 19.9 Å². The van der Waals surface area contributed by atoms with Crippen molar-refractivity contribution >= 4 is 40.5 Å². The first-order chi connectivity index (χ1) is 15.8. The van der Waals surface area contributed by atoms with Crippen LogP contribution in [0.1, 0.15) is 12.7 Å². The maximum Gasteiger partial charge on any atom is 0.311 e. The van der Waals surface area contributed by atoms with E-state index in [0.29, 0.717) is 50.8 Å². The second-order valence-corrected chi connectivity index (χ2v) is 8.06. The lowest BCUT2D eigenvalue weighted by Gasteiger charge is -2.15. The Morgan fingerprint density at radius 1 is 1.18 bits per heavy atom. The molecule has 0 fully saturated rings. The summed E-state index contributed by atoms with van der Waals surface area (Å²) in [5.41, 5.74) is 7.43. The van der Waals surface area contributed by atoms with E-state index >= 15 is 0 Å². The highest BCUT2D eigenvalue weighted by atomic mass is 35.5. The highest BCUT2D eigenvalue weighted by Gasteiger charge is 2.18. The summed E-state index contributed by atoms with van der Waals surface area (Å²) in [7, 11) is 0. The van der Waals surface area contributed by atoms with Gasteiger partial charge in [-0.2, -0.15) is 0 Å². The lowest BCUT2D eigenvalue weighted by Crippen LogP contribution is -2.20. The second kappa shape index (κ2) is 9.39. The van der Waals surface area contributed by atoms with Crippen LogP contribution in [-0.4, -0.2) is 35.9 Å². The summed E-state index contributed by atoms with van der Waals surface area (Å²) >= 11 is 12.5. The molecule has 0 saturated carbocycles. The van der Waals surface area contributed by atoms with E-state index in [-0.39, 0.29) is 17.5 Å². The van der Waals surface area contributed by atoms with Crippen LogP contribution in [0.25, 0.3) is 22.6 Å². The number of nitro groups is 1. The molecule has 0 spiro atoms.